The standard InChI is InChI=1S/C27H34FN3O4/c1-21-14-22(2)31(29-21)10-5-12-34-25-8-3-6-23(15-25)17-30-11-13-33-19-27(32,18-30)20-35-26-9-4-7-24(28)16-26/h3-4,6-9,14-16,32H,5,10-13,17-20H2,1-2H3/t27-/m1/s1. The van der Waals surface area contributed by atoms with Gasteiger partial charge >= 0.3 is 0 Å². The van der Waals surface area contributed by atoms with Crippen LogP contribution in [0.5, 0.6) is 11.5 Å². The van der Waals surface area contributed by atoms with Crippen molar-refractivity contribution in [3.05, 3.63) is 77.4 Å². The van der Waals surface area contributed by atoms with Crippen molar-refractivity contribution in [2.75, 3.05) is 39.5 Å². The lowest BCUT2D eigenvalue weighted by molar-refractivity contribution is -0.0647. The molecule has 4 rings (SSSR count). The van der Waals surface area contributed by atoms with Crippen molar-refractivity contribution in [3.8, 4) is 11.5 Å². The summed E-state index contributed by atoms with van der Waals surface area (Å²) in [6, 6.07) is 16.0. The Hall–Kier alpha value is -2.94. The predicted molar refractivity (Wildman–Crippen MR) is 131 cm³/mol. The fraction of sp³-hybridized carbons (Fsp3) is 0.444. The van der Waals surface area contributed by atoms with Crippen LogP contribution in [-0.4, -0.2) is 64.9 Å². The highest BCUT2D eigenvalue weighted by Crippen LogP contribution is 2.21. The predicted octanol–water partition coefficient (Wildman–Crippen LogP) is 3.75. The smallest absolute Gasteiger partial charge is 0.134 e. The molecule has 0 aliphatic carbocycles. The molecule has 1 aromatic heterocycles. The zero-order valence-corrected chi connectivity index (χ0v) is 20.5. The summed E-state index contributed by atoms with van der Waals surface area (Å²) in [5, 5.41) is 15.6. The highest BCUT2D eigenvalue weighted by Gasteiger charge is 2.33. The number of aryl methyl sites for hydroxylation is 3. The van der Waals surface area contributed by atoms with Crippen LogP contribution in [0.4, 0.5) is 4.39 Å². The van der Waals surface area contributed by atoms with Gasteiger partial charge in [-0.25, -0.2) is 4.39 Å². The van der Waals surface area contributed by atoms with Gasteiger partial charge in [-0.3, -0.25) is 9.58 Å². The summed E-state index contributed by atoms with van der Waals surface area (Å²) in [7, 11) is 0. The highest BCUT2D eigenvalue weighted by atomic mass is 19.1. The highest BCUT2D eigenvalue weighted by molar-refractivity contribution is 5.28. The fourth-order valence-electron chi connectivity index (χ4n) is 4.29. The number of rotatable bonds is 10. The summed E-state index contributed by atoms with van der Waals surface area (Å²) in [6.07, 6.45) is 0.869. The van der Waals surface area contributed by atoms with Gasteiger partial charge in [0.1, 0.15) is 29.5 Å². The van der Waals surface area contributed by atoms with Gasteiger partial charge in [-0.05, 0) is 49.7 Å². The van der Waals surface area contributed by atoms with Crippen molar-refractivity contribution in [2.45, 2.75) is 39.0 Å². The van der Waals surface area contributed by atoms with E-state index in [9.17, 15) is 9.50 Å². The summed E-state index contributed by atoms with van der Waals surface area (Å²) in [5.74, 6) is 0.838. The fourth-order valence-corrected chi connectivity index (χ4v) is 4.29. The van der Waals surface area contributed by atoms with E-state index in [1.807, 2.05) is 29.8 Å². The van der Waals surface area contributed by atoms with E-state index in [2.05, 4.69) is 29.1 Å². The van der Waals surface area contributed by atoms with Crippen LogP contribution in [0, 0.1) is 19.7 Å². The average Bonchev–Trinajstić information content (AvgIpc) is 3.03. The van der Waals surface area contributed by atoms with E-state index in [4.69, 9.17) is 14.2 Å². The maximum Gasteiger partial charge on any atom is 0.134 e. The summed E-state index contributed by atoms with van der Waals surface area (Å²) < 4.78 is 32.7. The van der Waals surface area contributed by atoms with Gasteiger partial charge in [0.25, 0.3) is 0 Å². The molecule has 188 valence electrons. The number of benzene rings is 2. The molecule has 0 spiro atoms. The summed E-state index contributed by atoms with van der Waals surface area (Å²) in [5.41, 5.74) is 2.09. The first-order valence-electron chi connectivity index (χ1n) is 12.0. The molecule has 0 saturated carbocycles. The van der Waals surface area contributed by atoms with E-state index >= 15 is 0 Å². The van der Waals surface area contributed by atoms with Crippen LogP contribution < -0.4 is 9.47 Å². The van der Waals surface area contributed by atoms with Gasteiger partial charge in [0.05, 0.1) is 25.5 Å². The maximum absolute atomic E-state index is 13.4. The molecule has 8 heteroatoms. The number of halogens is 1. The third-order valence-corrected chi connectivity index (χ3v) is 5.94. The van der Waals surface area contributed by atoms with Crippen LogP contribution in [0.1, 0.15) is 23.4 Å². The largest absolute Gasteiger partial charge is 0.494 e. The molecule has 1 fully saturated rings. The lowest BCUT2D eigenvalue weighted by Crippen LogP contribution is -2.48. The van der Waals surface area contributed by atoms with Gasteiger partial charge in [-0.2, -0.15) is 5.10 Å². The molecule has 0 bridgehead atoms. The first-order chi connectivity index (χ1) is 16.9. The monoisotopic (exact) mass is 483 g/mol. The number of hydrogen-bond donors (Lipinski definition) is 1. The Bertz CT molecular complexity index is 1110. The summed E-state index contributed by atoms with van der Waals surface area (Å²) in [4.78, 5) is 2.14. The number of aromatic nitrogens is 2. The van der Waals surface area contributed by atoms with Gasteiger partial charge in [-0.15, -0.1) is 0 Å². The quantitative estimate of drug-likeness (QED) is 0.443. The zero-order chi connectivity index (χ0) is 24.7. The molecule has 1 atom stereocenters. The Morgan fingerprint density at radius 1 is 1.09 bits per heavy atom. The lowest BCUT2D eigenvalue weighted by Gasteiger charge is -2.30. The van der Waals surface area contributed by atoms with Crippen molar-refractivity contribution in [1.82, 2.24) is 14.7 Å². The molecule has 2 aromatic carbocycles. The molecule has 35 heavy (non-hydrogen) atoms. The average molecular weight is 484 g/mol. The lowest BCUT2D eigenvalue weighted by atomic mass is 10.1. The first-order valence-corrected chi connectivity index (χ1v) is 12.0. The zero-order valence-electron chi connectivity index (χ0n) is 20.5. The molecule has 1 aliphatic rings. The van der Waals surface area contributed by atoms with E-state index in [1.165, 1.54) is 12.1 Å². The SMILES string of the molecule is Cc1cc(C)n(CCCOc2cccc(CN3CCOC[C@@](O)(COc4cccc(F)c4)C3)c2)n1. The molecule has 2 heterocycles. The molecule has 1 aliphatic heterocycles. The van der Waals surface area contributed by atoms with Gasteiger partial charge in [-0.1, -0.05) is 18.2 Å². The summed E-state index contributed by atoms with van der Waals surface area (Å²) in [6.45, 7) is 7.92. The minimum absolute atomic E-state index is 0.0192. The minimum atomic E-state index is -1.19. The van der Waals surface area contributed by atoms with Gasteiger partial charge in [0.2, 0.25) is 0 Å². The number of ether oxygens (including phenoxy) is 3. The van der Waals surface area contributed by atoms with Crippen LogP contribution in [0.15, 0.2) is 54.6 Å². The van der Waals surface area contributed by atoms with E-state index in [-0.39, 0.29) is 19.0 Å². The molecule has 0 amide bonds. The Kier molecular flexibility index (Phi) is 8.38. The van der Waals surface area contributed by atoms with Gasteiger partial charge in [0.15, 0.2) is 0 Å². The van der Waals surface area contributed by atoms with Crippen molar-refractivity contribution in [3.63, 3.8) is 0 Å². The van der Waals surface area contributed by atoms with E-state index in [1.54, 1.807) is 12.1 Å². The first kappa shape index (κ1) is 25.2. The van der Waals surface area contributed by atoms with Crippen LogP contribution in [0.2, 0.25) is 0 Å². The third-order valence-electron chi connectivity index (χ3n) is 5.94. The molecule has 1 saturated heterocycles. The van der Waals surface area contributed by atoms with Gasteiger partial charge in [0, 0.05) is 44.4 Å². The van der Waals surface area contributed by atoms with Crippen LogP contribution in [-0.2, 0) is 17.8 Å². The van der Waals surface area contributed by atoms with E-state index < -0.39 is 5.60 Å². The number of hydrogen-bond acceptors (Lipinski definition) is 6. The van der Waals surface area contributed by atoms with Crippen molar-refractivity contribution < 1.29 is 23.7 Å². The van der Waals surface area contributed by atoms with Crippen molar-refractivity contribution >= 4 is 0 Å². The summed E-state index contributed by atoms with van der Waals surface area (Å²) >= 11 is 0. The van der Waals surface area contributed by atoms with Crippen LogP contribution >= 0.6 is 0 Å². The number of β-amino-alcohol motifs (C(OH)–C–C–N with tert-alkyl or cyclic N) is 1. The molecule has 1 N–H and O–H groups in total. The van der Waals surface area contributed by atoms with Crippen LogP contribution in [0.25, 0.3) is 0 Å². The van der Waals surface area contributed by atoms with Crippen molar-refractivity contribution in [2.24, 2.45) is 0 Å². The van der Waals surface area contributed by atoms with E-state index in [0.29, 0.717) is 38.6 Å². The molecule has 3 aromatic rings. The Labute approximate surface area is 206 Å². The second-order valence-electron chi connectivity index (χ2n) is 9.23. The Morgan fingerprint density at radius 2 is 1.89 bits per heavy atom. The normalized spacial score (nSPS) is 18.9. The minimum Gasteiger partial charge on any atom is -0.494 e. The Balaban J connectivity index is 1.28. The molecular formula is C27H34FN3O4. The topological polar surface area (TPSA) is 69.0 Å². The van der Waals surface area contributed by atoms with Crippen molar-refractivity contribution in [1.29, 1.82) is 0 Å². The Morgan fingerprint density at radius 3 is 2.66 bits per heavy atom. The second-order valence-corrected chi connectivity index (χ2v) is 9.23. The second kappa shape index (κ2) is 11.7. The number of aliphatic hydroxyl groups is 1. The maximum atomic E-state index is 13.4. The molecular weight excluding hydrogens is 449 g/mol. The third kappa shape index (κ3) is 7.52. The van der Waals surface area contributed by atoms with Gasteiger partial charge < -0.3 is 19.3 Å². The van der Waals surface area contributed by atoms with Crippen LogP contribution in [0.3, 0.4) is 0 Å². The molecule has 0 unspecified atom stereocenters. The van der Waals surface area contributed by atoms with E-state index in [0.717, 1.165) is 35.7 Å². The molecule has 0 radical (unpaired) electrons. The number of nitrogens with zero attached hydrogens (tertiary/aromatic N) is 3. The molecule has 7 nitrogen and oxygen atoms in total.